The minimum absolute atomic E-state index is 0.172. The molecule has 0 heterocycles. The van der Waals surface area contributed by atoms with Gasteiger partial charge in [0, 0.05) is 19.8 Å². The Morgan fingerprint density at radius 3 is 2.40 bits per heavy atom. The first kappa shape index (κ1) is 17.2. The van der Waals surface area contributed by atoms with Gasteiger partial charge < -0.3 is 10.1 Å². The lowest BCUT2D eigenvalue weighted by Crippen LogP contribution is -2.30. The van der Waals surface area contributed by atoms with Gasteiger partial charge in [0.15, 0.2) is 0 Å². The molecule has 1 aromatic rings. The molecule has 2 unspecified atom stereocenters. The largest absolute Gasteiger partial charge is 0.385 e. The molecule has 0 saturated heterocycles. The van der Waals surface area contributed by atoms with E-state index in [-0.39, 0.29) is 5.41 Å². The standard InChI is InChI=1S/C18H31NO/c1-7-19-17(14(2)12-13-20-6)15-10-8-9-11-16(15)18(3,4)5/h8-11,14,17,19H,7,12-13H2,1-6H3. The third-order valence-electron chi connectivity index (χ3n) is 3.87. The van der Waals surface area contributed by atoms with Gasteiger partial charge in [0.2, 0.25) is 0 Å². The molecule has 0 radical (unpaired) electrons. The molecule has 2 nitrogen and oxygen atoms in total. The Morgan fingerprint density at radius 2 is 1.85 bits per heavy atom. The SMILES string of the molecule is CCNC(c1ccccc1C(C)(C)C)C(C)CCOC. The fraction of sp³-hybridized carbons (Fsp3) is 0.667. The van der Waals surface area contributed by atoms with Crippen LogP contribution in [0.25, 0.3) is 0 Å². The monoisotopic (exact) mass is 277 g/mol. The number of hydrogen-bond donors (Lipinski definition) is 1. The third kappa shape index (κ3) is 4.60. The van der Waals surface area contributed by atoms with E-state index in [1.165, 1.54) is 11.1 Å². The molecule has 0 aliphatic heterocycles. The van der Waals surface area contributed by atoms with E-state index in [0.29, 0.717) is 12.0 Å². The predicted molar refractivity (Wildman–Crippen MR) is 87.2 cm³/mol. The van der Waals surface area contributed by atoms with Crippen LogP contribution in [0.4, 0.5) is 0 Å². The molecule has 0 spiro atoms. The van der Waals surface area contributed by atoms with Crippen molar-refractivity contribution in [3.8, 4) is 0 Å². The molecule has 0 aliphatic carbocycles. The lowest BCUT2D eigenvalue weighted by molar-refractivity contribution is 0.170. The minimum Gasteiger partial charge on any atom is -0.385 e. The van der Waals surface area contributed by atoms with Crippen LogP contribution in [-0.4, -0.2) is 20.3 Å². The molecule has 1 aromatic carbocycles. The van der Waals surface area contributed by atoms with E-state index in [9.17, 15) is 0 Å². The van der Waals surface area contributed by atoms with Crippen LogP contribution in [0.15, 0.2) is 24.3 Å². The summed E-state index contributed by atoms with van der Waals surface area (Å²) in [6, 6.07) is 9.23. The van der Waals surface area contributed by atoms with E-state index in [2.05, 4.69) is 64.2 Å². The Labute approximate surface area is 124 Å². The van der Waals surface area contributed by atoms with E-state index < -0.39 is 0 Å². The smallest absolute Gasteiger partial charge is 0.0465 e. The summed E-state index contributed by atoms with van der Waals surface area (Å²) in [5, 5.41) is 3.66. The first-order valence-corrected chi connectivity index (χ1v) is 7.73. The van der Waals surface area contributed by atoms with Gasteiger partial charge in [0.1, 0.15) is 0 Å². The predicted octanol–water partition coefficient (Wildman–Crippen LogP) is 4.31. The van der Waals surface area contributed by atoms with E-state index in [1.54, 1.807) is 7.11 Å². The van der Waals surface area contributed by atoms with E-state index >= 15 is 0 Å². The first-order valence-electron chi connectivity index (χ1n) is 7.73. The molecule has 114 valence electrons. The maximum absolute atomic E-state index is 5.25. The van der Waals surface area contributed by atoms with Gasteiger partial charge in [0.25, 0.3) is 0 Å². The van der Waals surface area contributed by atoms with Crippen molar-refractivity contribution in [2.45, 2.75) is 52.5 Å². The fourth-order valence-electron chi connectivity index (χ4n) is 2.76. The molecular weight excluding hydrogens is 246 g/mol. The van der Waals surface area contributed by atoms with E-state index in [1.807, 2.05) is 0 Å². The van der Waals surface area contributed by atoms with Crippen LogP contribution in [0, 0.1) is 5.92 Å². The second-order valence-corrected chi connectivity index (χ2v) is 6.63. The van der Waals surface area contributed by atoms with Gasteiger partial charge in [-0.25, -0.2) is 0 Å². The first-order chi connectivity index (χ1) is 9.41. The molecular formula is C18H31NO. The van der Waals surface area contributed by atoms with Crippen LogP contribution in [-0.2, 0) is 10.2 Å². The summed E-state index contributed by atoms with van der Waals surface area (Å²) in [5.41, 5.74) is 3.05. The van der Waals surface area contributed by atoms with Gasteiger partial charge in [-0.1, -0.05) is 58.9 Å². The highest BCUT2D eigenvalue weighted by atomic mass is 16.5. The Morgan fingerprint density at radius 1 is 1.20 bits per heavy atom. The summed E-state index contributed by atoms with van der Waals surface area (Å²) in [5.74, 6) is 0.554. The highest BCUT2D eigenvalue weighted by molar-refractivity contribution is 5.35. The molecule has 0 aromatic heterocycles. The summed E-state index contributed by atoms with van der Waals surface area (Å²) in [7, 11) is 1.78. The molecule has 2 heteroatoms. The van der Waals surface area contributed by atoms with Gasteiger partial charge in [-0.2, -0.15) is 0 Å². The molecule has 2 atom stereocenters. The highest BCUT2D eigenvalue weighted by Gasteiger charge is 2.25. The van der Waals surface area contributed by atoms with Crippen LogP contribution >= 0.6 is 0 Å². The number of hydrogen-bond acceptors (Lipinski definition) is 2. The molecule has 20 heavy (non-hydrogen) atoms. The average Bonchev–Trinajstić information content (AvgIpc) is 2.41. The maximum Gasteiger partial charge on any atom is 0.0465 e. The second kappa shape index (κ2) is 7.80. The molecule has 1 rings (SSSR count). The summed E-state index contributed by atoms with van der Waals surface area (Å²) in [6.45, 7) is 13.2. The zero-order valence-electron chi connectivity index (χ0n) is 14.0. The molecule has 0 bridgehead atoms. The molecule has 0 fully saturated rings. The molecule has 1 N–H and O–H groups in total. The topological polar surface area (TPSA) is 21.3 Å². The maximum atomic E-state index is 5.25. The van der Waals surface area contributed by atoms with Gasteiger partial charge in [-0.15, -0.1) is 0 Å². The lowest BCUT2D eigenvalue weighted by atomic mass is 9.79. The lowest BCUT2D eigenvalue weighted by Gasteiger charge is -2.31. The van der Waals surface area contributed by atoms with Gasteiger partial charge in [-0.05, 0) is 35.4 Å². The summed E-state index contributed by atoms with van der Waals surface area (Å²) >= 11 is 0. The van der Waals surface area contributed by atoms with Crippen molar-refractivity contribution in [2.24, 2.45) is 5.92 Å². The molecule has 0 amide bonds. The summed E-state index contributed by atoms with van der Waals surface area (Å²) < 4.78 is 5.25. The van der Waals surface area contributed by atoms with Gasteiger partial charge in [0.05, 0.1) is 0 Å². The number of methoxy groups -OCH3 is 1. The van der Waals surface area contributed by atoms with Gasteiger partial charge in [-0.3, -0.25) is 0 Å². The Balaban J connectivity index is 3.08. The van der Waals surface area contributed by atoms with Crippen molar-refractivity contribution < 1.29 is 4.74 Å². The quantitative estimate of drug-likeness (QED) is 0.802. The normalized spacial score (nSPS) is 15.1. The number of benzene rings is 1. The number of nitrogens with one attached hydrogen (secondary N) is 1. The molecule has 0 aliphatic rings. The van der Waals surface area contributed by atoms with E-state index in [0.717, 1.165) is 19.6 Å². The van der Waals surface area contributed by atoms with Crippen molar-refractivity contribution in [3.63, 3.8) is 0 Å². The summed E-state index contributed by atoms with van der Waals surface area (Å²) in [4.78, 5) is 0. The minimum atomic E-state index is 0.172. The second-order valence-electron chi connectivity index (χ2n) is 6.63. The Bertz CT molecular complexity index is 395. The van der Waals surface area contributed by atoms with Crippen molar-refractivity contribution in [1.82, 2.24) is 5.32 Å². The average molecular weight is 277 g/mol. The summed E-state index contributed by atoms with van der Waals surface area (Å²) in [6.07, 6.45) is 1.08. The van der Waals surface area contributed by atoms with Gasteiger partial charge >= 0.3 is 0 Å². The van der Waals surface area contributed by atoms with Crippen LogP contribution < -0.4 is 5.32 Å². The fourth-order valence-corrected chi connectivity index (χ4v) is 2.76. The van der Waals surface area contributed by atoms with Crippen molar-refractivity contribution in [2.75, 3.05) is 20.3 Å². The Kier molecular flexibility index (Phi) is 6.70. The van der Waals surface area contributed by atoms with Crippen LogP contribution in [0.3, 0.4) is 0 Å². The zero-order valence-corrected chi connectivity index (χ0v) is 14.0. The zero-order chi connectivity index (χ0) is 15.2. The van der Waals surface area contributed by atoms with E-state index in [4.69, 9.17) is 4.74 Å². The Hall–Kier alpha value is -0.860. The molecule has 0 saturated carbocycles. The number of ether oxygens (including phenoxy) is 1. The number of rotatable bonds is 7. The van der Waals surface area contributed by atoms with Crippen molar-refractivity contribution in [3.05, 3.63) is 35.4 Å². The van der Waals surface area contributed by atoms with Crippen molar-refractivity contribution in [1.29, 1.82) is 0 Å². The highest BCUT2D eigenvalue weighted by Crippen LogP contribution is 2.33. The third-order valence-corrected chi connectivity index (χ3v) is 3.87. The van der Waals surface area contributed by atoms with Crippen LogP contribution in [0.5, 0.6) is 0 Å². The van der Waals surface area contributed by atoms with Crippen LogP contribution in [0.2, 0.25) is 0 Å². The van der Waals surface area contributed by atoms with Crippen molar-refractivity contribution >= 4 is 0 Å². The van der Waals surface area contributed by atoms with Crippen LogP contribution in [0.1, 0.15) is 58.2 Å².